The largest absolute Gasteiger partial charge is 0.481 e. The molecule has 0 bridgehead atoms. The minimum absolute atomic E-state index is 0.0858. The molecule has 2 rings (SSSR count). The summed E-state index contributed by atoms with van der Waals surface area (Å²) >= 11 is 0. The second-order valence-corrected chi connectivity index (χ2v) is 6.52. The summed E-state index contributed by atoms with van der Waals surface area (Å²) in [6.07, 6.45) is 7.85. The van der Waals surface area contributed by atoms with Gasteiger partial charge in [-0.25, -0.2) is 0 Å². The van der Waals surface area contributed by atoms with Gasteiger partial charge in [0.2, 0.25) is 5.91 Å². The minimum Gasteiger partial charge on any atom is -0.481 e. The zero-order chi connectivity index (χ0) is 16.5. The molecule has 4 heteroatoms. The molecule has 0 aromatic heterocycles. The number of amides is 1. The number of carboxylic acids is 1. The fourth-order valence-corrected chi connectivity index (χ4v) is 3.28. The van der Waals surface area contributed by atoms with Gasteiger partial charge in [0, 0.05) is 18.4 Å². The maximum Gasteiger partial charge on any atom is 0.303 e. The molecule has 1 fully saturated rings. The molecule has 23 heavy (non-hydrogen) atoms. The number of aliphatic carboxylic acids is 1. The predicted octanol–water partition coefficient (Wildman–Crippen LogP) is 3.55. The van der Waals surface area contributed by atoms with Gasteiger partial charge in [-0.15, -0.1) is 0 Å². The Balaban J connectivity index is 1.94. The van der Waals surface area contributed by atoms with Gasteiger partial charge in [0.1, 0.15) is 0 Å². The van der Waals surface area contributed by atoms with Crippen molar-refractivity contribution in [3.8, 4) is 0 Å². The molecule has 1 aromatic rings. The average molecular weight is 317 g/mol. The summed E-state index contributed by atoms with van der Waals surface area (Å²) in [5.74, 6) is -0.606. The lowest BCUT2D eigenvalue weighted by molar-refractivity contribution is -0.137. The van der Waals surface area contributed by atoms with Crippen molar-refractivity contribution in [2.75, 3.05) is 0 Å². The van der Waals surface area contributed by atoms with E-state index in [-0.39, 0.29) is 24.3 Å². The molecule has 1 amide bonds. The lowest BCUT2D eigenvalue weighted by Crippen LogP contribution is -2.40. The first-order valence-corrected chi connectivity index (χ1v) is 8.71. The molecule has 0 radical (unpaired) electrons. The SMILES string of the molecule is O=C(O)CCC(Cc1ccccc1)NC(=O)C1CCCCCC1. The number of hydrogen-bond acceptors (Lipinski definition) is 2. The number of rotatable bonds is 7. The summed E-state index contributed by atoms with van der Waals surface area (Å²) in [6.45, 7) is 0. The molecule has 126 valence electrons. The van der Waals surface area contributed by atoms with Crippen LogP contribution in [0.4, 0.5) is 0 Å². The summed E-state index contributed by atoms with van der Waals surface area (Å²) in [4.78, 5) is 23.4. The third-order valence-corrected chi connectivity index (χ3v) is 4.60. The Morgan fingerprint density at radius 1 is 1.09 bits per heavy atom. The molecule has 0 heterocycles. The van der Waals surface area contributed by atoms with Crippen molar-refractivity contribution in [3.63, 3.8) is 0 Å². The van der Waals surface area contributed by atoms with Crippen LogP contribution in [-0.4, -0.2) is 23.0 Å². The van der Waals surface area contributed by atoms with Crippen molar-refractivity contribution < 1.29 is 14.7 Å². The highest BCUT2D eigenvalue weighted by Gasteiger charge is 2.23. The number of carbonyl (C=O) groups excluding carboxylic acids is 1. The monoisotopic (exact) mass is 317 g/mol. The van der Waals surface area contributed by atoms with E-state index >= 15 is 0 Å². The standard InChI is InChI=1S/C19H27NO3/c21-18(22)13-12-17(14-15-8-4-3-5-9-15)20-19(23)16-10-6-1-2-7-11-16/h3-5,8-9,16-17H,1-2,6-7,10-14H2,(H,20,23)(H,21,22). The quantitative estimate of drug-likeness (QED) is 0.756. The predicted molar refractivity (Wildman–Crippen MR) is 90.1 cm³/mol. The van der Waals surface area contributed by atoms with E-state index in [0.717, 1.165) is 31.2 Å². The summed E-state index contributed by atoms with van der Waals surface area (Å²) in [5.41, 5.74) is 1.13. The van der Waals surface area contributed by atoms with Crippen molar-refractivity contribution in [1.82, 2.24) is 5.32 Å². The highest BCUT2D eigenvalue weighted by Crippen LogP contribution is 2.23. The first-order chi connectivity index (χ1) is 11.1. The van der Waals surface area contributed by atoms with E-state index in [2.05, 4.69) is 5.32 Å². The van der Waals surface area contributed by atoms with Crippen LogP contribution in [0.3, 0.4) is 0 Å². The van der Waals surface area contributed by atoms with Gasteiger partial charge in [0.05, 0.1) is 0 Å². The topological polar surface area (TPSA) is 66.4 Å². The molecular weight excluding hydrogens is 290 g/mol. The van der Waals surface area contributed by atoms with Crippen molar-refractivity contribution in [3.05, 3.63) is 35.9 Å². The van der Waals surface area contributed by atoms with Gasteiger partial charge in [-0.1, -0.05) is 56.0 Å². The Hall–Kier alpha value is -1.84. The average Bonchev–Trinajstić information content (AvgIpc) is 2.83. The van der Waals surface area contributed by atoms with Crippen molar-refractivity contribution in [2.45, 2.75) is 63.8 Å². The van der Waals surface area contributed by atoms with Gasteiger partial charge in [0.25, 0.3) is 0 Å². The molecule has 1 aromatic carbocycles. The summed E-state index contributed by atoms with van der Waals surface area (Å²) in [7, 11) is 0. The van der Waals surface area contributed by atoms with Gasteiger partial charge in [-0.3, -0.25) is 9.59 Å². The van der Waals surface area contributed by atoms with E-state index in [4.69, 9.17) is 5.11 Å². The van der Waals surface area contributed by atoms with E-state index in [0.29, 0.717) is 12.8 Å². The van der Waals surface area contributed by atoms with Crippen LogP contribution < -0.4 is 5.32 Å². The zero-order valence-corrected chi connectivity index (χ0v) is 13.7. The third kappa shape index (κ3) is 6.43. The van der Waals surface area contributed by atoms with Crippen LogP contribution in [0.2, 0.25) is 0 Å². The number of carbonyl (C=O) groups is 2. The summed E-state index contributed by atoms with van der Waals surface area (Å²) < 4.78 is 0. The van der Waals surface area contributed by atoms with Crippen LogP contribution in [-0.2, 0) is 16.0 Å². The first kappa shape index (κ1) is 17.5. The van der Waals surface area contributed by atoms with Crippen molar-refractivity contribution in [1.29, 1.82) is 0 Å². The van der Waals surface area contributed by atoms with Gasteiger partial charge in [0.15, 0.2) is 0 Å². The van der Waals surface area contributed by atoms with Crippen LogP contribution >= 0.6 is 0 Å². The second-order valence-electron chi connectivity index (χ2n) is 6.52. The Bertz CT molecular complexity index is 493. The third-order valence-electron chi connectivity index (χ3n) is 4.60. The van der Waals surface area contributed by atoms with Crippen LogP contribution in [0.1, 0.15) is 56.9 Å². The fourth-order valence-electron chi connectivity index (χ4n) is 3.28. The summed E-state index contributed by atoms with van der Waals surface area (Å²) in [6, 6.07) is 9.83. The summed E-state index contributed by atoms with van der Waals surface area (Å²) in [5, 5.41) is 12.1. The molecule has 1 aliphatic rings. The molecule has 0 saturated heterocycles. The van der Waals surface area contributed by atoms with Crippen LogP contribution in [0, 0.1) is 5.92 Å². The molecule has 1 unspecified atom stereocenters. The fraction of sp³-hybridized carbons (Fsp3) is 0.579. The smallest absolute Gasteiger partial charge is 0.303 e. The minimum atomic E-state index is -0.813. The van der Waals surface area contributed by atoms with E-state index in [1.165, 1.54) is 12.8 Å². The molecule has 1 saturated carbocycles. The molecule has 2 N–H and O–H groups in total. The maximum absolute atomic E-state index is 12.5. The van der Waals surface area contributed by atoms with Gasteiger partial charge >= 0.3 is 5.97 Å². The van der Waals surface area contributed by atoms with Crippen molar-refractivity contribution in [2.24, 2.45) is 5.92 Å². The Morgan fingerprint density at radius 3 is 2.35 bits per heavy atom. The number of hydrogen-bond donors (Lipinski definition) is 2. The van der Waals surface area contributed by atoms with E-state index in [1.807, 2.05) is 30.3 Å². The van der Waals surface area contributed by atoms with Crippen LogP contribution in [0.25, 0.3) is 0 Å². The van der Waals surface area contributed by atoms with E-state index in [9.17, 15) is 9.59 Å². The molecule has 0 aliphatic heterocycles. The van der Waals surface area contributed by atoms with Crippen LogP contribution in [0.5, 0.6) is 0 Å². The normalized spacial score (nSPS) is 17.2. The number of carboxylic acid groups (broad SMARTS) is 1. The zero-order valence-electron chi connectivity index (χ0n) is 13.7. The lowest BCUT2D eigenvalue weighted by atomic mass is 9.97. The molecule has 1 aliphatic carbocycles. The molecule has 0 spiro atoms. The van der Waals surface area contributed by atoms with E-state index in [1.54, 1.807) is 0 Å². The van der Waals surface area contributed by atoms with Gasteiger partial charge < -0.3 is 10.4 Å². The number of nitrogens with one attached hydrogen (secondary N) is 1. The molecule has 4 nitrogen and oxygen atoms in total. The number of benzene rings is 1. The van der Waals surface area contributed by atoms with Gasteiger partial charge in [-0.2, -0.15) is 0 Å². The Kier molecular flexibility index (Phi) is 7.11. The maximum atomic E-state index is 12.5. The van der Waals surface area contributed by atoms with Gasteiger partial charge in [-0.05, 0) is 31.2 Å². The second kappa shape index (κ2) is 9.33. The Labute approximate surface area is 138 Å². The van der Waals surface area contributed by atoms with Crippen molar-refractivity contribution >= 4 is 11.9 Å². The Morgan fingerprint density at radius 2 is 1.74 bits per heavy atom. The molecular formula is C19H27NO3. The lowest BCUT2D eigenvalue weighted by Gasteiger charge is -2.22. The highest BCUT2D eigenvalue weighted by molar-refractivity contribution is 5.79. The van der Waals surface area contributed by atoms with Crippen LogP contribution in [0.15, 0.2) is 30.3 Å². The molecule has 1 atom stereocenters. The highest BCUT2D eigenvalue weighted by atomic mass is 16.4. The first-order valence-electron chi connectivity index (χ1n) is 8.71. The van der Waals surface area contributed by atoms with E-state index < -0.39 is 5.97 Å².